The number of amides is 1. The first-order valence-electron chi connectivity index (χ1n) is 9.57. The first kappa shape index (κ1) is 19.7. The van der Waals surface area contributed by atoms with Gasteiger partial charge in [-0.2, -0.15) is 0 Å². The van der Waals surface area contributed by atoms with Gasteiger partial charge in [0.2, 0.25) is 0 Å². The molecule has 6 nitrogen and oxygen atoms in total. The average Bonchev–Trinajstić information content (AvgIpc) is 3.04. The van der Waals surface area contributed by atoms with Crippen LogP contribution in [0.5, 0.6) is 0 Å². The minimum atomic E-state index is -1.13. The number of benzene rings is 2. The van der Waals surface area contributed by atoms with Crippen molar-refractivity contribution in [3.8, 4) is 0 Å². The fraction of sp³-hybridized carbons (Fsp3) is 0.217. The van der Waals surface area contributed by atoms with Crippen molar-refractivity contribution in [2.45, 2.75) is 19.3 Å². The van der Waals surface area contributed by atoms with Gasteiger partial charge in [0.05, 0.1) is 11.3 Å². The lowest BCUT2D eigenvalue weighted by Crippen LogP contribution is -2.36. The third-order valence-corrected chi connectivity index (χ3v) is 5.47. The van der Waals surface area contributed by atoms with E-state index >= 15 is 0 Å². The number of nitrogens with one attached hydrogen (secondary N) is 2. The predicted octanol–water partition coefficient (Wildman–Crippen LogP) is 4.21. The quantitative estimate of drug-likeness (QED) is 0.607. The zero-order valence-corrected chi connectivity index (χ0v) is 16.9. The van der Waals surface area contributed by atoms with Gasteiger partial charge in [0, 0.05) is 47.4 Å². The van der Waals surface area contributed by atoms with Crippen LogP contribution in [0.1, 0.15) is 35.5 Å². The zero-order chi connectivity index (χ0) is 21.6. The van der Waals surface area contributed by atoms with E-state index in [1.807, 2.05) is 39.1 Å². The molecule has 1 amide bonds. The van der Waals surface area contributed by atoms with E-state index in [-0.39, 0.29) is 18.0 Å². The number of carboxylic acids is 1. The number of fused-ring (bicyclic) bond motifs is 3. The summed E-state index contributed by atoms with van der Waals surface area (Å²) in [7, 11) is 1.82. The molecule has 154 valence electrons. The Labute approximate surface area is 173 Å². The topological polar surface area (TPSA) is 85.4 Å². The maximum atomic E-state index is 13.3. The van der Waals surface area contributed by atoms with E-state index in [2.05, 4.69) is 10.3 Å². The lowest BCUT2D eigenvalue weighted by molar-refractivity contribution is -0.130. The molecule has 2 heterocycles. The largest absolute Gasteiger partial charge is 0.478 e. The van der Waals surface area contributed by atoms with Crippen LogP contribution in [0.4, 0.5) is 10.1 Å². The van der Waals surface area contributed by atoms with Gasteiger partial charge in [0.25, 0.3) is 5.91 Å². The number of aromatic amines is 1. The summed E-state index contributed by atoms with van der Waals surface area (Å²) < 4.78 is 13.3. The second-order valence-electron chi connectivity index (χ2n) is 8.06. The number of aliphatic carboxylic acids is 1. The molecule has 0 fully saturated rings. The van der Waals surface area contributed by atoms with Gasteiger partial charge in [-0.3, -0.25) is 4.79 Å². The smallest absolute Gasteiger partial charge is 0.339 e. The van der Waals surface area contributed by atoms with Gasteiger partial charge in [-0.25, -0.2) is 9.18 Å². The summed E-state index contributed by atoms with van der Waals surface area (Å²) in [4.78, 5) is 29.9. The van der Waals surface area contributed by atoms with Gasteiger partial charge in [-0.1, -0.05) is 19.9 Å². The molecule has 2 aromatic carbocycles. The molecule has 0 unspecified atom stereocenters. The molecule has 0 atom stereocenters. The molecular weight excluding hydrogens is 385 g/mol. The summed E-state index contributed by atoms with van der Waals surface area (Å²) >= 11 is 0. The fourth-order valence-corrected chi connectivity index (χ4v) is 4.08. The third kappa shape index (κ3) is 3.22. The molecule has 0 radical (unpaired) electrons. The van der Waals surface area contributed by atoms with Crippen LogP contribution < -0.4 is 5.32 Å². The summed E-state index contributed by atoms with van der Waals surface area (Å²) in [5.41, 5.74) is 2.83. The molecule has 1 aliphatic heterocycles. The van der Waals surface area contributed by atoms with Crippen molar-refractivity contribution in [1.29, 1.82) is 0 Å². The monoisotopic (exact) mass is 407 g/mol. The van der Waals surface area contributed by atoms with E-state index in [4.69, 9.17) is 0 Å². The lowest BCUT2D eigenvalue weighted by atomic mass is 9.81. The highest BCUT2D eigenvalue weighted by Gasteiger charge is 2.37. The van der Waals surface area contributed by atoms with Gasteiger partial charge in [0.1, 0.15) is 5.82 Å². The third-order valence-electron chi connectivity index (χ3n) is 5.47. The SMILES string of the molecule is CNc1ccc2c3c([nH]c2c1)C(C(=O)O)=CN(C(=O)c1ccc(F)cc1)CC3(C)C. The number of anilines is 1. The number of carboxylic acid groups (broad SMARTS) is 1. The van der Waals surface area contributed by atoms with E-state index < -0.39 is 17.2 Å². The van der Waals surface area contributed by atoms with Crippen LogP contribution in [0, 0.1) is 5.82 Å². The number of hydrogen-bond acceptors (Lipinski definition) is 3. The predicted molar refractivity (Wildman–Crippen MR) is 114 cm³/mol. The van der Waals surface area contributed by atoms with Crippen LogP contribution in [-0.2, 0) is 10.2 Å². The maximum Gasteiger partial charge on any atom is 0.339 e. The van der Waals surface area contributed by atoms with Crippen LogP contribution in [0.3, 0.4) is 0 Å². The second kappa shape index (κ2) is 7.02. The molecular formula is C23H22FN3O3. The Bertz CT molecular complexity index is 1190. The fourth-order valence-electron chi connectivity index (χ4n) is 4.08. The molecule has 7 heteroatoms. The number of carbonyl (C=O) groups excluding carboxylic acids is 1. The standard InChI is InChI=1S/C23H22FN3O3/c1-23(2)12-27(21(28)13-4-6-14(24)7-5-13)11-17(22(29)30)20-19(23)16-9-8-15(25-3)10-18(16)26-20/h4-11,25-26H,12H2,1-3H3,(H,29,30). The van der Waals surface area contributed by atoms with Gasteiger partial charge in [-0.05, 0) is 42.0 Å². The molecule has 1 aromatic heterocycles. The van der Waals surface area contributed by atoms with Crippen LogP contribution in [0.15, 0.2) is 48.7 Å². The molecule has 0 saturated carbocycles. The number of aromatic nitrogens is 1. The van der Waals surface area contributed by atoms with Crippen molar-refractivity contribution >= 4 is 34.0 Å². The second-order valence-corrected chi connectivity index (χ2v) is 8.06. The molecule has 3 aromatic rings. The Balaban J connectivity index is 1.89. The van der Waals surface area contributed by atoms with Crippen molar-refractivity contribution in [2.24, 2.45) is 0 Å². The van der Waals surface area contributed by atoms with Gasteiger partial charge in [-0.15, -0.1) is 0 Å². The highest BCUT2D eigenvalue weighted by molar-refractivity contribution is 6.17. The van der Waals surface area contributed by atoms with Crippen molar-refractivity contribution < 1.29 is 19.1 Å². The number of H-pyrrole nitrogens is 1. The van der Waals surface area contributed by atoms with Crippen LogP contribution in [0.25, 0.3) is 16.5 Å². The summed E-state index contributed by atoms with van der Waals surface area (Å²) in [5, 5.41) is 13.9. The molecule has 30 heavy (non-hydrogen) atoms. The van der Waals surface area contributed by atoms with E-state index in [9.17, 15) is 19.1 Å². The maximum absolute atomic E-state index is 13.3. The average molecular weight is 407 g/mol. The Morgan fingerprint density at radius 1 is 1.17 bits per heavy atom. The number of hydrogen-bond donors (Lipinski definition) is 3. The first-order valence-corrected chi connectivity index (χ1v) is 9.57. The highest BCUT2D eigenvalue weighted by atomic mass is 19.1. The first-order chi connectivity index (χ1) is 14.2. The Morgan fingerprint density at radius 2 is 1.87 bits per heavy atom. The Hall–Kier alpha value is -3.61. The van der Waals surface area contributed by atoms with Crippen molar-refractivity contribution in [1.82, 2.24) is 9.88 Å². The normalized spacial score (nSPS) is 15.3. The number of rotatable bonds is 3. The van der Waals surface area contributed by atoms with E-state index in [0.717, 1.165) is 22.2 Å². The number of carbonyl (C=O) groups is 2. The summed E-state index contributed by atoms with van der Waals surface area (Å²) in [5.74, 6) is -1.95. The Morgan fingerprint density at radius 3 is 2.50 bits per heavy atom. The van der Waals surface area contributed by atoms with Crippen molar-refractivity contribution in [3.05, 3.63) is 71.3 Å². The molecule has 0 spiro atoms. The summed E-state index contributed by atoms with van der Waals surface area (Å²) in [6.45, 7) is 4.23. The minimum absolute atomic E-state index is 0.00763. The van der Waals surface area contributed by atoms with Crippen molar-refractivity contribution in [3.63, 3.8) is 0 Å². The molecule has 0 aliphatic carbocycles. The van der Waals surface area contributed by atoms with Gasteiger partial charge in [0.15, 0.2) is 0 Å². The Kier molecular flexibility index (Phi) is 4.61. The van der Waals surface area contributed by atoms with Crippen LogP contribution in [0.2, 0.25) is 0 Å². The van der Waals surface area contributed by atoms with Crippen molar-refractivity contribution in [2.75, 3.05) is 18.9 Å². The van der Waals surface area contributed by atoms with E-state index in [0.29, 0.717) is 11.3 Å². The van der Waals surface area contributed by atoms with Crippen LogP contribution in [-0.4, -0.2) is 40.5 Å². The van der Waals surface area contributed by atoms with Gasteiger partial charge >= 0.3 is 5.97 Å². The molecule has 3 N–H and O–H groups in total. The lowest BCUT2D eigenvalue weighted by Gasteiger charge is -2.29. The number of halogens is 1. The molecule has 4 rings (SSSR count). The highest BCUT2D eigenvalue weighted by Crippen LogP contribution is 2.40. The van der Waals surface area contributed by atoms with E-state index in [1.54, 1.807) is 0 Å². The van der Waals surface area contributed by atoms with Gasteiger partial charge < -0.3 is 20.3 Å². The molecule has 0 saturated heterocycles. The molecule has 1 aliphatic rings. The summed E-state index contributed by atoms with van der Waals surface area (Å²) in [6, 6.07) is 11.1. The van der Waals surface area contributed by atoms with E-state index in [1.165, 1.54) is 35.4 Å². The minimum Gasteiger partial charge on any atom is -0.478 e. The van der Waals surface area contributed by atoms with Crippen LogP contribution >= 0.6 is 0 Å². The summed E-state index contributed by atoms with van der Waals surface area (Å²) in [6.07, 6.45) is 1.37. The molecule has 0 bridgehead atoms. The zero-order valence-electron chi connectivity index (χ0n) is 16.9. The number of nitrogens with zero attached hydrogens (tertiary/aromatic N) is 1.